The number of pyridine rings is 1. The van der Waals surface area contributed by atoms with E-state index in [4.69, 9.17) is 18.9 Å². The van der Waals surface area contributed by atoms with E-state index < -0.39 is 23.8 Å². The number of benzene rings is 3. The zero-order chi connectivity index (χ0) is 38.5. The van der Waals surface area contributed by atoms with Gasteiger partial charge in [-0.15, -0.1) is 0 Å². The first-order chi connectivity index (χ1) is 25.1. The predicted octanol–water partition coefficient (Wildman–Crippen LogP) is 7.85. The zero-order valence-electron chi connectivity index (χ0n) is 31.3. The normalized spacial score (nSPS) is 13.2. The second-order valence-electron chi connectivity index (χ2n) is 14.4. The molecule has 14 heteroatoms. The molecular formula is C39H46N6O8. The number of urea groups is 1. The van der Waals surface area contributed by atoms with Crippen molar-refractivity contribution in [2.24, 2.45) is 0 Å². The van der Waals surface area contributed by atoms with Gasteiger partial charge in [0.2, 0.25) is 0 Å². The number of aromatic nitrogens is 1. The summed E-state index contributed by atoms with van der Waals surface area (Å²) in [5, 5.41) is 9.87. The van der Waals surface area contributed by atoms with Crippen molar-refractivity contribution in [2.45, 2.75) is 52.6 Å². The lowest BCUT2D eigenvalue weighted by molar-refractivity contribution is 0.0140. The van der Waals surface area contributed by atoms with Gasteiger partial charge in [-0.3, -0.25) is 15.1 Å². The largest absolute Gasteiger partial charge is 0.492 e. The zero-order valence-corrected chi connectivity index (χ0v) is 31.3. The predicted molar refractivity (Wildman–Crippen MR) is 202 cm³/mol. The van der Waals surface area contributed by atoms with E-state index in [9.17, 15) is 19.2 Å². The van der Waals surface area contributed by atoms with E-state index in [1.165, 1.54) is 20.4 Å². The summed E-state index contributed by atoms with van der Waals surface area (Å²) in [6.07, 6.45) is 0.432. The molecular weight excluding hydrogens is 680 g/mol. The highest BCUT2D eigenvalue weighted by atomic mass is 16.6. The molecule has 4 aromatic rings. The van der Waals surface area contributed by atoms with Crippen molar-refractivity contribution in [2.75, 3.05) is 56.3 Å². The highest BCUT2D eigenvalue weighted by Gasteiger charge is 2.29. The van der Waals surface area contributed by atoms with Gasteiger partial charge in [0.25, 0.3) is 5.91 Å². The van der Waals surface area contributed by atoms with Gasteiger partial charge < -0.3 is 39.4 Å². The molecule has 3 aromatic carbocycles. The molecule has 1 aliphatic rings. The number of nitrogens with one attached hydrogen (secondary N) is 3. The summed E-state index contributed by atoms with van der Waals surface area (Å²) in [7, 11) is 2.71. The molecule has 5 rings (SSSR count). The average Bonchev–Trinajstić information content (AvgIpc) is 3.11. The summed E-state index contributed by atoms with van der Waals surface area (Å²) in [5.74, 6) is 0.889. The molecule has 1 aromatic heterocycles. The van der Waals surface area contributed by atoms with Crippen LogP contribution in [-0.2, 0) is 14.9 Å². The summed E-state index contributed by atoms with van der Waals surface area (Å²) >= 11 is 0. The van der Waals surface area contributed by atoms with Gasteiger partial charge in [0.05, 0.1) is 31.3 Å². The summed E-state index contributed by atoms with van der Waals surface area (Å²) in [6.45, 7) is 12.9. The molecule has 14 nitrogen and oxygen atoms in total. The van der Waals surface area contributed by atoms with Crippen LogP contribution in [0.25, 0.3) is 10.8 Å². The number of piperazine rings is 1. The van der Waals surface area contributed by atoms with Crippen LogP contribution in [0.4, 0.5) is 31.4 Å². The van der Waals surface area contributed by atoms with Gasteiger partial charge in [0, 0.05) is 49.2 Å². The number of hydrogen-bond acceptors (Lipinski definition) is 9. The van der Waals surface area contributed by atoms with Crippen LogP contribution in [0.5, 0.6) is 17.2 Å². The van der Waals surface area contributed by atoms with Crippen molar-refractivity contribution < 1.29 is 38.1 Å². The van der Waals surface area contributed by atoms with E-state index in [1.54, 1.807) is 46.2 Å². The fourth-order valence-electron chi connectivity index (χ4n) is 5.67. The number of amides is 5. The van der Waals surface area contributed by atoms with Crippen molar-refractivity contribution >= 4 is 52.0 Å². The van der Waals surface area contributed by atoms with Crippen molar-refractivity contribution in [1.29, 1.82) is 0 Å². The van der Waals surface area contributed by atoms with Gasteiger partial charge in [0.15, 0.2) is 5.75 Å². The third-order valence-electron chi connectivity index (χ3n) is 8.36. The first-order valence-electron chi connectivity index (χ1n) is 17.1. The van der Waals surface area contributed by atoms with Gasteiger partial charge >= 0.3 is 18.2 Å². The lowest BCUT2D eigenvalue weighted by Gasteiger charge is -2.35. The first-order valence-corrected chi connectivity index (χ1v) is 17.1. The third-order valence-corrected chi connectivity index (χ3v) is 8.36. The van der Waals surface area contributed by atoms with Crippen molar-refractivity contribution in [3.8, 4) is 17.2 Å². The molecule has 1 fully saturated rings. The van der Waals surface area contributed by atoms with E-state index in [0.717, 1.165) is 5.56 Å². The van der Waals surface area contributed by atoms with E-state index in [2.05, 4.69) is 20.9 Å². The molecule has 0 aliphatic carbocycles. The Kier molecular flexibility index (Phi) is 11.3. The summed E-state index contributed by atoms with van der Waals surface area (Å²) in [4.78, 5) is 58.9. The van der Waals surface area contributed by atoms with Crippen molar-refractivity contribution in [3.63, 3.8) is 0 Å². The second kappa shape index (κ2) is 15.7. The molecule has 0 radical (unpaired) electrons. The number of anilines is 3. The monoisotopic (exact) mass is 726 g/mol. The Bertz CT molecular complexity index is 2010. The fourth-order valence-corrected chi connectivity index (χ4v) is 5.67. The number of rotatable bonds is 7. The summed E-state index contributed by atoms with van der Waals surface area (Å²) in [6, 6.07) is 17.2. The molecule has 1 saturated heterocycles. The maximum absolute atomic E-state index is 13.5. The van der Waals surface area contributed by atoms with Gasteiger partial charge in [-0.05, 0) is 62.1 Å². The van der Waals surface area contributed by atoms with Gasteiger partial charge in [-0.25, -0.2) is 14.4 Å². The van der Waals surface area contributed by atoms with Crippen molar-refractivity contribution in [3.05, 3.63) is 78.1 Å². The van der Waals surface area contributed by atoms with E-state index in [-0.39, 0.29) is 22.8 Å². The maximum atomic E-state index is 13.5. The smallest absolute Gasteiger partial charge is 0.411 e. The summed E-state index contributed by atoms with van der Waals surface area (Å²) < 4.78 is 22.1. The van der Waals surface area contributed by atoms with Gasteiger partial charge in [-0.1, -0.05) is 45.0 Å². The third kappa shape index (κ3) is 9.44. The molecule has 0 atom stereocenters. The Morgan fingerprint density at radius 2 is 1.36 bits per heavy atom. The molecule has 3 N–H and O–H groups in total. The van der Waals surface area contributed by atoms with Crippen LogP contribution in [0.3, 0.4) is 0 Å². The van der Waals surface area contributed by atoms with Crippen LogP contribution < -0.4 is 25.4 Å². The standard InChI is InChI=1S/C39H46N6O8/c1-38(2,3)24-21-29(33(50-7)30(22-24)43-36(48)51-8)42-35(47)41-28-13-14-32(27-12-10-9-11-26(27)28)52-25-15-16-40-31(23-25)34(46)44-17-19-45(20-18-44)37(49)53-39(4,5)6/h9-16,21-23H,17-20H2,1-8H3,(H,43,48)(H2,41,42,47). The highest BCUT2D eigenvalue weighted by molar-refractivity contribution is 6.08. The maximum Gasteiger partial charge on any atom is 0.411 e. The number of methoxy groups -OCH3 is 2. The molecule has 53 heavy (non-hydrogen) atoms. The molecule has 0 spiro atoms. The topological polar surface area (TPSA) is 161 Å². The van der Waals surface area contributed by atoms with Crippen LogP contribution >= 0.6 is 0 Å². The number of carbonyl (C=O) groups excluding carboxylic acids is 4. The Labute approximate surface area is 308 Å². The Morgan fingerprint density at radius 1 is 0.736 bits per heavy atom. The van der Waals surface area contributed by atoms with Crippen LogP contribution in [0, 0.1) is 0 Å². The highest BCUT2D eigenvalue weighted by Crippen LogP contribution is 2.39. The summed E-state index contributed by atoms with van der Waals surface area (Å²) in [5.41, 5.74) is 1.34. The minimum absolute atomic E-state index is 0.211. The molecule has 5 amide bonds. The van der Waals surface area contributed by atoms with Gasteiger partial charge in [0.1, 0.15) is 22.8 Å². The number of fused-ring (bicyclic) bond motifs is 1. The number of ether oxygens (including phenoxy) is 4. The minimum Gasteiger partial charge on any atom is -0.492 e. The van der Waals surface area contributed by atoms with Crippen LogP contribution in [0.1, 0.15) is 57.6 Å². The number of carbonyl (C=O) groups is 4. The molecule has 2 heterocycles. The Hall–Kier alpha value is -6.05. The van der Waals surface area contributed by atoms with Gasteiger partial charge in [-0.2, -0.15) is 0 Å². The lowest BCUT2D eigenvalue weighted by Crippen LogP contribution is -2.51. The van der Waals surface area contributed by atoms with E-state index in [0.29, 0.717) is 65.5 Å². The number of hydrogen-bond donors (Lipinski definition) is 3. The molecule has 1 aliphatic heterocycles. The lowest BCUT2D eigenvalue weighted by atomic mass is 9.86. The Morgan fingerprint density at radius 3 is 1.98 bits per heavy atom. The van der Waals surface area contributed by atoms with Crippen LogP contribution in [0.15, 0.2) is 66.9 Å². The average molecular weight is 727 g/mol. The molecule has 0 bridgehead atoms. The van der Waals surface area contributed by atoms with Crippen molar-refractivity contribution in [1.82, 2.24) is 14.8 Å². The quantitative estimate of drug-likeness (QED) is 0.172. The van der Waals surface area contributed by atoms with Crippen LogP contribution in [0.2, 0.25) is 0 Å². The van der Waals surface area contributed by atoms with E-state index in [1.807, 2.05) is 65.8 Å². The SMILES string of the molecule is COC(=O)Nc1cc(C(C)(C)C)cc(NC(=O)Nc2ccc(Oc3ccnc(C(=O)N4CCN(C(=O)OC(C)(C)C)CC4)c3)c3ccccc23)c1OC. The molecule has 280 valence electrons. The second-order valence-corrected chi connectivity index (χ2v) is 14.4. The van der Waals surface area contributed by atoms with E-state index >= 15 is 0 Å². The molecule has 0 saturated carbocycles. The molecule has 0 unspecified atom stereocenters. The Balaban J connectivity index is 1.31. The van der Waals surface area contributed by atoms with Crippen LogP contribution in [-0.4, -0.2) is 84.9 Å². The number of nitrogens with zero attached hydrogens (tertiary/aromatic N) is 3. The minimum atomic E-state index is -0.677. The fraction of sp³-hybridized carbons (Fsp3) is 0.359. The first kappa shape index (κ1) is 38.2.